The van der Waals surface area contributed by atoms with E-state index in [0.717, 1.165) is 50.2 Å². The number of rotatable bonds is 7. The largest absolute Gasteiger partial charge is 0.489 e. The van der Waals surface area contributed by atoms with Gasteiger partial charge in [-0.1, -0.05) is 175 Å². The van der Waals surface area contributed by atoms with E-state index in [0.29, 0.717) is 0 Å². The van der Waals surface area contributed by atoms with Crippen LogP contribution in [-0.2, 0) is 0 Å². The minimum absolute atomic E-state index is 0.0484. The Labute approximate surface area is 346 Å². The van der Waals surface area contributed by atoms with Crippen LogP contribution in [0.1, 0.15) is 43.4 Å². The smallest absolute Gasteiger partial charge is 0.213 e. The average molecular weight is 766 g/mol. The molecule has 7 aromatic carbocycles. The molecule has 3 heterocycles. The maximum absolute atomic E-state index is 6.56. The van der Waals surface area contributed by atoms with E-state index in [-0.39, 0.29) is 12.0 Å². The molecule has 0 spiro atoms. The van der Waals surface area contributed by atoms with Crippen molar-refractivity contribution in [2.75, 3.05) is 0 Å². The molecule has 10 rings (SSSR count). The van der Waals surface area contributed by atoms with Crippen molar-refractivity contribution in [2.24, 2.45) is 0 Å². The molecule has 2 atom stereocenters. The standard InChI is InChI=1S/C43H35NO2.C13H12/c1-27(2)34(41-29(4)45-39-16-10-8-14-36(39)41)24-18-28(3)32-21-25-35-38(26-32)44(43-42(35)37-15-9-11-17-40(37)46-43)33-22-19-31(20-23-33)30-12-6-5-7-13-30;1-11-7-9-13(10-8-11)12-5-3-2-4-6-12/h5-26,29,41H,1H2,2-4H3;2-10H,1H3/b28-18+,34-24+;. The molecule has 0 N–H and O–H groups in total. The molecule has 2 aromatic heterocycles. The van der Waals surface area contributed by atoms with Crippen molar-refractivity contribution in [3.63, 3.8) is 0 Å². The number of hydrogen-bond acceptors (Lipinski definition) is 2. The van der Waals surface area contributed by atoms with Crippen molar-refractivity contribution in [3.05, 3.63) is 222 Å². The molecule has 1 aliphatic heterocycles. The molecule has 0 amide bonds. The fraction of sp³-hybridized carbons (Fsp3) is 0.107. The Hall–Kier alpha value is -7.10. The number of aromatic nitrogens is 1. The van der Waals surface area contributed by atoms with Crippen LogP contribution in [0.5, 0.6) is 5.75 Å². The van der Waals surface area contributed by atoms with E-state index < -0.39 is 0 Å². The second-order valence-corrected chi connectivity index (χ2v) is 15.6. The van der Waals surface area contributed by atoms with Crippen molar-refractivity contribution in [1.29, 1.82) is 0 Å². The third-order valence-corrected chi connectivity index (χ3v) is 11.5. The van der Waals surface area contributed by atoms with Crippen molar-refractivity contribution >= 4 is 38.5 Å². The summed E-state index contributed by atoms with van der Waals surface area (Å²) in [6.07, 6.45) is 4.50. The number of fused-ring (bicyclic) bond motifs is 6. The van der Waals surface area contributed by atoms with E-state index in [1.54, 1.807) is 0 Å². The van der Waals surface area contributed by atoms with Gasteiger partial charge >= 0.3 is 0 Å². The third-order valence-electron chi connectivity index (χ3n) is 11.5. The van der Waals surface area contributed by atoms with Gasteiger partial charge in [-0.25, -0.2) is 0 Å². The first kappa shape index (κ1) is 37.5. The molecule has 0 bridgehead atoms. The molecule has 0 saturated carbocycles. The Balaban J connectivity index is 0.000000294. The highest BCUT2D eigenvalue weighted by molar-refractivity contribution is 6.20. The fourth-order valence-corrected chi connectivity index (χ4v) is 8.41. The lowest BCUT2D eigenvalue weighted by Gasteiger charge is -2.19. The summed E-state index contributed by atoms with van der Waals surface area (Å²) in [7, 11) is 0. The van der Waals surface area contributed by atoms with Crippen molar-refractivity contribution in [1.82, 2.24) is 4.57 Å². The number of benzene rings is 7. The molecule has 0 radical (unpaired) electrons. The second-order valence-electron chi connectivity index (χ2n) is 15.6. The quantitative estimate of drug-likeness (QED) is 0.151. The van der Waals surface area contributed by atoms with Crippen LogP contribution in [0.3, 0.4) is 0 Å². The van der Waals surface area contributed by atoms with Crippen molar-refractivity contribution in [3.8, 4) is 33.7 Å². The molecule has 3 heteroatoms. The highest BCUT2D eigenvalue weighted by Gasteiger charge is 2.33. The minimum atomic E-state index is 0.0484. The number of nitrogens with zero attached hydrogens (tertiary/aromatic N) is 1. The first-order valence-electron chi connectivity index (χ1n) is 20.4. The topological polar surface area (TPSA) is 27.3 Å². The van der Waals surface area contributed by atoms with Crippen LogP contribution in [0.4, 0.5) is 0 Å². The van der Waals surface area contributed by atoms with Crippen LogP contribution in [0.15, 0.2) is 210 Å². The van der Waals surface area contributed by atoms with Crippen LogP contribution in [-0.4, -0.2) is 10.7 Å². The summed E-state index contributed by atoms with van der Waals surface area (Å²) in [6.45, 7) is 12.9. The zero-order valence-corrected chi connectivity index (χ0v) is 34.0. The first-order chi connectivity index (χ1) is 28.8. The van der Waals surface area contributed by atoms with Gasteiger partial charge in [-0.05, 0) is 97.0 Å². The van der Waals surface area contributed by atoms with E-state index in [1.807, 2.05) is 30.3 Å². The molecule has 0 aliphatic carbocycles. The summed E-state index contributed by atoms with van der Waals surface area (Å²) in [5.74, 6) is 1.12. The highest BCUT2D eigenvalue weighted by atomic mass is 16.5. The minimum Gasteiger partial charge on any atom is -0.489 e. The van der Waals surface area contributed by atoms with Crippen LogP contribution in [0, 0.1) is 6.92 Å². The lowest BCUT2D eigenvalue weighted by molar-refractivity contribution is 0.238. The van der Waals surface area contributed by atoms with Crippen LogP contribution in [0.25, 0.3) is 66.5 Å². The van der Waals surface area contributed by atoms with Gasteiger partial charge in [0, 0.05) is 27.9 Å². The number of aryl methyl sites for hydroxylation is 1. The Bertz CT molecular complexity index is 3000. The number of ether oxygens (including phenoxy) is 1. The molecule has 288 valence electrons. The Morgan fingerprint density at radius 3 is 1.88 bits per heavy atom. The molecular formula is C56H47NO2. The Morgan fingerprint density at radius 2 is 1.20 bits per heavy atom. The van der Waals surface area contributed by atoms with Crippen LogP contribution >= 0.6 is 0 Å². The van der Waals surface area contributed by atoms with E-state index in [9.17, 15) is 0 Å². The summed E-state index contributed by atoms with van der Waals surface area (Å²) in [6, 6.07) is 61.7. The molecule has 9 aromatic rings. The lowest BCUT2D eigenvalue weighted by atomic mass is 9.84. The van der Waals surface area contributed by atoms with E-state index in [4.69, 9.17) is 9.15 Å². The Morgan fingerprint density at radius 1 is 0.610 bits per heavy atom. The van der Waals surface area contributed by atoms with Gasteiger partial charge in [-0.3, -0.25) is 4.57 Å². The first-order valence-corrected chi connectivity index (χ1v) is 20.4. The van der Waals surface area contributed by atoms with E-state index in [1.165, 1.54) is 49.9 Å². The second kappa shape index (κ2) is 16.0. The predicted octanol–water partition coefficient (Wildman–Crippen LogP) is 15.3. The summed E-state index contributed by atoms with van der Waals surface area (Å²) >= 11 is 0. The molecule has 2 unspecified atom stereocenters. The van der Waals surface area contributed by atoms with Gasteiger partial charge in [0.25, 0.3) is 0 Å². The van der Waals surface area contributed by atoms with Gasteiger partial charge in [-0.15, -0.1) is 0 Å². The van der Waals surface area contributed by atoms with Crippen molar-refractivity contribution < 1.29 is 9.15 Å². The lowest BCUT2D eigenvalue weighted by Crippen LogP contribution is -2.16. The molecule has 59 heavy (non-hydrogen) atoms. The molecule has 1 aliphatic rings. The predicted molar refractivity (Wildman–Crippen MR) is 248 cm³/mol. The summed E-state index contributed by atoms with van der Waals surface area (Å²) in [4.78, 5) is 0. The SMILES string of the molecule is C=C(C)/C(=C\C=C(/C)c1ccc2c3c4ccccc4oc3n(-c3ccc(-c4ccccc4)cc3)c2c1)C1c2ccccc2OC1C.Cc1ccc(-c2ccccc2)cc1. The molecule has 0 fully saturated rings. The normalized spacial score (nSPS) is 15.2. The maximum Gasteiger partial charge on any atom is 0.213 e. The number of allylic oxidation sites excluding steroid dienone is 4. The Kier molecular flexibility index (Phi) is 10.2. The maximum atomic E-state index is 6.56. The highest BCUT2D eigenvalue weighted by Crippen LogP contribution is 2.44. The van der Waals surface area contributed by atoms with Crippen LogP contribution < -0.4 is 4.74 Å². The van der Waals surface area contributed by atoms with E-state index >= 15 is 0 Å². The van der Waals surface area contributed by atoms with Crippen molar-refractivity contribution in [2.45, 2.75) is 39.7 Å². The van der Waals surface area contributed by atoms with Gasteiger partial charge in [0.1, 0.15) is 17.4 Å². The van der Waals surface area contributed by atoms with Gasteiger partial charge in [-0.2, -0.15) is 0 Å². The number of furan rings is 1. The molecule has 3 nitrogen and oxygen atoms in total. The van der Waals surface area contributed by atoms with Gasteiger partial charge in [0.2, 0.25) is 5.71 Å². The zero-order chi connectivity index (χ0) is 40.5. The average Bonchev–Trinajstić information content (AvgIpc) is 3.92. The number of hydrogen-bond donors (Lipinski definition) is 0. The van der Waals surface area contributed by atoms with Gasteiger partial charge < -0.3 is 9.15 Å². The summed E-state index contributed by atoms with van der Waals surface area (Å²) in [5, 5.41) is 3.45. The molecular weight excluding hydrogens is 719 g/mol. The third kappa shape index (κ3) is 7.33. The van der Waals surface area contributed by atoms with Gasteiger partial charge in [0.05, 0.1) is 10.9 Å². The van der Waals surface area contributed by atoms with Crippen LogP contribution in [0.2, 0.25) is 0 Å². The summed E-state index contributed by atoms with van der Waals surface area (Å²) < 4.78 is 15.0. The molecule has 0 saturated heterocycles. The zero-order valence-electron chi connectivity index (χ0n) is 34.0. The van der Waals surface area contributed by atoms with Gasteiger partial charge in [0.15, 0.2) is 0 Å². The monoisotopic (exact) mass is 765 g/mol. The van der Waals surface area contributed by atoms with E-state index in [2.05, 4.69) is 197 Å². The summed E-state index contributed by atoms with van der Waals surface area (Å²) in [5.41, 5.74) is 16.0. The number of para-hydroxylation sites is 2. The fourth-order valence-electron chi connectivity index (χ4n) is 8.41.